The van der Waals surface area contributed by atoms with Crippen molar-refractivity contribution in [2.24, 2.45) is 0 Å². The Morgan fingerprint density at radius 1 is 0.682 bits per heavy atom. The molecule has 0 unspecified atom stereocenters. The molecule has 0 N–H and O–H groups in total. The van der Waals surface area contributed by atoms with Gasteiger partial charge in [0.15, 0.2) is 0 Å². The smallest absolute Gasteiger partial charge is 0.0788 e. The minimum absolute atomic E-state index is 1.07. The molecule has 4 aromatic rings. The first-order chi connectivity index (χ1) is 10.7. The number of aryl methyl sites for hydroxylation is 2. The number of rotatable bonds is 1. The molecule has 0 aliphatic carbocycles. The molecule has 22 heavy (non-hydrogen) atoms. The molecule has 0 aliphatic heterocycles. The Balaban J connectivity index is 2.21. The fourth-order valence-corrected chi connectivity index (χ4v) is 3.23. The largest absolute Gasteiger partial charge is 0.247 e. The molecule has 0 saturated carbocycles. The summed E-state index contributed by atoms with van der Waals surface area (Å²) in [7, 11) is 0. The normalized spacial score (nSPS) is 11.2. The van der Waals surface area contributed by atoms with Crippen molar-refractivity contribution in [3.8, 4) is 11.3 Å². The van der Waals surface area contributed by atoms with E-state index in [1.54, 1.807) is 0 Å². The Bertz CT molecular complexity index is 985. The highest BCUT2D eigenvalue weighted by atomic mass is 14.7. The van der Waals surface area contributed by atoms with Crippen molar-refractivity contribution in [1.82, 2.24) is 4.98 Å². The summed E-state index contributed by atoms with van der Waals surface area (Å²) in [5, 5.41) is 3.73. The molecule has 0 spiro atoms. The van der Waals surface area contributed by atoms with Crippen LogP contribution in [-0.2, 0) is 0 Å². The van der Waals surface area contributed by atoms with E-state index < -0.39 is 0 Å². The van der Waals surface area contributed by atoms with Gasteiger partial charge in [-0.3, -0.25) is 0 Å². The molecule has 3 aromatic carbocycles. The lowest BCUT2D eigenvalue weighted by Crippen LogP contribution is -1.92. The third-order valence-corrected chi connectivity index (χ3v) is 4.19. The Morgan fingerprint density at radius 2 is 1.36 bits per heavy atom. The van der Waals surface area contributed by atoms with Gasteiger partial charge in [0.05, 0.1) is 11.2 Å². The Morgan fingerprint density at radius 3 is 2.14 bits per heavy atom. The summed E-state index contributed by atoms with van der Waals surface area (Å²) in [6.45, 7) is 4.29. The van der Waals surface area contributed by atoms with Gasteiger partial charge in [0.1, 0.15) is 0 Å². The summed E-state index contributed by atoms with van der Waals surface area (Å²) in [6, 6.07) is 23.4. The third-order valence-electron chi connectivity index (χ3n) is 4.19. The Labute approximate surface area is 130 Å². The van der Waals surface area contributed by atoms with E-state index in [2.05, 4.69) is 74.5 Å². The minimum Gasteiger partial charge on any atom is -0.247 e. The second-order valence-electron chi connectivity index (χ2n) is 5.85. The molecule has 1 nitrogen and oxygen atoms in total. The van der Waals surface area contributed by atoms with Crippen LogP contribution in [0.25, 0.3) is 32.9 Å². The molecular weight excluding hydrogens is 266 g/mol. The van der Waals surface area contributed by atoms with Crippen molar-refractivity contribution < 1.29 is 0 Å². The maximum absolute atomic E-state index is 5.01. The molecule has 0 amide bonds. The quantitative estimate of drug-likeness (QED) is 0.410. The maximum Gasteiger partial charge on any atom is 0.0788 e. The van der Waals surface area contributed by atoms with Crippen LogP contribution in [0.1, 0.15) is 11.1 Å². The van der Waals surface area contributed by atoms with E-state index in [1.807, 2.05) is 6.07 Å². The van der Waals surface area contributed by atoms with Crippen LogP contribution in [-0.4, -0.2) is 4.98 Å². The number of hydrogen-bond acceptors (Lipinski definition) is 1. The number of fused-ring (bicyclic) bond motifs is 3. The van der Waals surface area contributed by atoms with Crippen LogP contribution in [0.2, 0.25) is 0 Å². The molecule has 1 heteroatoms. The molecule has 0 bridgehead atoms. The molecule has 1 heterocycles. The fraction of sp³-hybridized carbons (Fsp3) is 0.0952. The SMILES string of the molecule is Cc1cc(C)c2nc(-c3ccccc3)c3ccccc3c2c1. The Kier molecular flexibility index (Phi) is 2.93. The van der Waals surface area contributed by atoms with Gasteiger partial charge in [-0.05, 0) is 30.9 Å². The molecular formula is C21H17N. The van der Waals surface area contributed by atoms with Gasteiger partial charge in [-0.2, -0.15) is 0 Å². The summed E-state index contributed by atoms with van der Waals surface area (Å²) in [5.74, 6) is 0. The molecule has 0 saturated heterocycles. The van der Waals surface area contributed by atoms with E-state index in [4.69, 9.17) is 4.98 Å². The lowest BCUT2D eigenvalue weighted by atomic mass is 9.97. The molecule has 106 valence electrons. The van der Waals surface area contributed by atoms with Crippen LogP contribution in [0.4, 0.5) is 0 Å². The van der Waals surface area contributed by atoms with E-state index in [-0.39, 0.29) is 0 Å². The zero-order valence-electron chi connectivity index (χ0n) is 12.8. The van der Waals surface area contributed by atoms with Crippen molar-refractivity contribution >= 4 is 21.7 Å². The highest BCUT2D eigenvalue weighted by Gasteiger charge is 2.11. The molecule has 1 aromatic heterocycles. The number of aromatic nitrogens is 1. The lowest BCUT2D eigenvalue weighted by molar-refractivity contribution is 1.35. The first-order valence-corrected chi connectivity index (χ1v) is 7.59. The molecule has 0 aliphatic rings. The van der Waals surface area contributed by atoms with Crippen molar-refractivity contribution in [2.45, 2.75) is 13.8 Å². The van der Waals surface area contributed by atoms with Gasteiger partial charge in [-0.25, -0.2) is 4.98 Å². The average molecular weight is 283 g/mol. The zero-order valence-corrected chi connectivity index (χ0v) is 12.8. The van der Waals surface area contributed by atoms with Gasteiger partial charge < -0.3 is 0 Å². The highest BCUT2D eigenvalue weighted by Crippen LogP contribution is 2.33. The van der Waals surface area contributed by atoms with E-state index in [0.29, 0.717) is 0 Å². The number of nitrogens with zero attached hydrogens (tertiary/aromatic N) is 1. The van der Waals surface area contributed by atoms with Gasteiger partial charge in [0, 0.05) is 16.3 Å². The lowest BCUT2D eigenvalue weighted by Gasteiger charge is -2.12. The highest BCUT2D eigenvalue weighted by molar-refractivity contribution is 6.11. The van der Waals surface area contributed by atoms with Gasteiger partial charge in [-0.15, -0.1) is 0 Å². The van der Waals surface area contributed by atoms with Gasteiger partial charge >= 0.3 is 0 Å². The number of benzene rings is 3. The minimum atomic E-state index is 1.07. The number of hydrogen-bond donors (Lipinski definition) is 0. The van der Waals surface area contributed by atoms with Gasteiger partial charge in [-0.1, -0.05) is 66.2 Å². The van der Waals surface area contributed by atoms with Crippen LogP contribution in [0.3, 0.4) is 0 Å². The van der Waals surface area contributed by atoms with Crippen molar-refractivity contribution in [1.29, 1.82) is 0 Å². The molecule has 0 radical (unpaired) electrons. The van der Waals surface area contributed by atoms with Crippen molar-refractivity contribution in [2.75, 3.05) is 0 Å². The second kappa shape index (κ2) is 4.96. The van der Waals surface area contributed by atoms with E-state index in [1.165, 1.54) is 32.8 Å². The molecule has 0 fully saturated rings. The Hall–Kier alpha value is -2.67. The summed E-state index contributed by atoms with van der Waals surface area (Å²) in [6.07, 6.45) is 0. The van der Waals surface area contributed by atoms with Crippen LogP contribution >= 0.6 is 0 Å². The number of pyridine rings is 1. The zero-order chi connectivity index (χ0) is 15.1. The predicted molar refractivity (Wildman–Crippen MR) is 94.2 cm³/mol. The molecule has 0 atom stereocenters. The maximum atomic E-state index is 5.01. The van der Waals surface area contributed by atoms with Crippen LogP contribution < -0.4 is 0 Å². The van der Waals surface area contributed by atoms with Gasteiger partial charge in [0.25, 0.3) is 0 Å². The summed E-state index contributed by atoms with van der Waals surface area (Å²) in [4.78, 5) is 5.01. The topological polar surface area (TPSA) is 12.9 Å². The van der Waals surface area contributed by atoms with E-state index in [9.17, 15) is 0 Å². The second-order valence-corrected chi connectivity index (χ2v) is 5.85. The van der Waals surface area contributed by atoms with Crippen molar-refractivity contribution in [3.63, 3.8) is 0 Å². The standard InChI is InChI=1S/C21H17N/c1-14-12-15(2)20-19(13-14)17-10-6-7-11-18(17)21(22-20)16-8-4-3-5-9-16/h3-13H,1-2H3. The summed E-state index contributed by atoms with van der Waals surface area (Å²) >= 11 is 0. The van der Waals surface area contributed by atoms with Crippen LogP contribution in [0.15, 0.2) is 66.7 Å². The first-order valence-electron chi connectivity index (χ1n) is 7.59. The summed E-state index contributed by atoms with van der Waals surface area (Å²) < 4.78 is 0. The summed E-state index contributed by atoms with van der Waals surface area (Å²) in [5.41, 5.74) is 5.85. The van der Waals surface area contributed by atoms with Crippen LogP contribution in [0, 0.1) is 13.8 Å². The predicted octanol–water partition coefficient (Wildman–Crippen LogP) is 5.67. The average Bonchev–Trinajstić information content (AvgIpc) is 2.55. The van der Waals surface area contributed by atoms with Crippen LogP contribution in [0.5, 0.6) is 0 Å². The van der Waals surface area contributed by atoms with Gasteiger partial charge in [0.2, 0.25) is 0 Å². The first kappa shape index (κ1) is 13.0. The van der Waals surface area contributed by atoms with E-state index >= 15 is 0 Å². The van der Waals surface area contributed by atoms with E-state index in [0.717, 1.165) is 11.2 Å². The monoisotopic (exact) mass is 283 g/mol. The molecule has 4 rings (SSSR count). The van der Waals surface area contributed by atoms with Crippen molar-refractivity contribution in [3.05, 3.63) is 77.9 Å². The fourth-order valence-electron chi connectivity index (χ4n) is 3.23. The third kappa shape index (κ3) is 1.98.